The van der Waals surface area contributed by atoms with Gasteiger partial charge in [0.05, 0.1) is 5.75 Å². The van der Waals surface area contributed by atoms with Crippen LogP contribution < -0.4 is 5.32 Å². The molecule has 1 saturated carbocycles. The summed E-state index contributed by atoms with van der Waals surface area (Å²) in [6.45, 7) is 4.22. The highest BCUT2D eigenvalue weighted by Gasteiger charge is 2.28. The molecule has 0 aromatic rings. The molecule has 0 aromatic heterocycles. The van der Waals surface area contributed by atoms with E-state index in [4.69, 9.17) is 12.2 Å². The number of amides is 1. The summed E-state index contributed by atoms with van der Waals surface area (Å²) in [5.41, 5.74) is 0. The van der Waals surface area contributed by atoms with Crippen molar-refractivity contribution in [3.63, 3.8) is 0 Å². The minimum atomic E-state index is 0.121. The van der Waals surface area contributed by atoms with Crippen molar-refractivity contribution in [1.29, 1.82) is 0 Å². The Morgan fingerprint density at radius 2 is 2.12 bits per heavy atom. The van der Waals surface area contributed by atoms with Crippen LogP contribution in [-0.2, 0) is 4.79 Å². The predicted octanol–water partition coefficient (Wildman–Crippen LogP) is 2.02. The van der Waals surface area contributed by atoms with Crippen LogP contribution >= 0.6 is 24.0 Å². The van der Waals surface area contributed by atoms with Crippen molar-refractivity contribution in [1.82, 2.24) is 10.2 Å². The number of hydrogen-bond donors (Lipinski definition) is 1. The quantitative estimate of drug-likeness (QED) is 0.794. The van der Waals surface area contributed by atoms with E-state index in [0.29, 0.717) is 11.8 Å². The summed E-state index contributed by atoms with van der Waals surface area (Å²) in [4.78, 5) is 13.9. The summed E-state index contributed by atoms with van der Waals surface area (Å²) in [7, 11) is 0. The Balaban J connectivity index is 1.62. The van der Waals surface area contributed by atoms with Gasteiger partial charge >= 0.3 is 0 Å². The van der Waals surface area contributed by atoms with Gasteiger partial charge in [-0.25, -0.2) is 0 Å². The maximum absolute atomic E-state index is 11.7. The number of carbonyl (C=O) groups is 1. The first-order valence-electron chi connectivity index (χ1n) is 6.38. The van der Waals surface area contributed by atoms with Gasteiger partial charge in [0, 0.05) is 19.1 Å². The number of thioether (sulfide) groups is 1. The highest BCUT2D eigenvalue weighted by Crippen LogP contribution is 2.32. The number of thiocarbonyl (C=S) groups is 1. The summed E-state index contributed by atoms with van der Waals surface area (Å²) in [6.07, 6.45) is 4.98. The Morgan fingerprint density at radius 1 is 1.47 bits per heavy atom. The molecular formula is C12H20N2OS2. The van der Waals surface area contributed by atoms with Gasteiger partial charge in [-0.15, -0.1) is 0 Å². The number of nitrogens with zero attached hydrogens (tertiary/aromatic N) is 1. The molecule has 1 aliphatic heterocycles. The Morgan fingerprint density at radius 3 is 2.71 bits per heavy atom. The molecule has 1 atom stereocenters. The lowest BCUT2D eigenvalue weighted by Crippen LogP contribution is -2.36. The molecule has 1 unspecified atom stereocenters. The van der Waals surface area contributed by atoms with E-state index < -0.39 is 0 Å². The van der Waals surface area contributed by atoms with E-state index in [2.05, 4.69) is 17.1 Å². The second-order valence-corrected chi connectivity index (χ2v) is 6.55. The number of carbonyl (C=O) groups excluding carboxylic acids is 1. The second kappa shape index (κ2) is 6.05. The lowest BCUT2D eigenvalue weighted by atomic mass is 10.2. The van der Waals surface area contributed by atoms with Gasteiger partial charge in [0.1, 0.15) is 4.32 Å². The molecule has 2 fully saturated rings. The summed E-state index contributed by atoms with van der Waals surface area (Å²) < 4.78 is 0.886. The van der Waals surface area contributed by atoms with Gasteiger partial charge in [-0.1, -0.05) is 24.0 Å². The van der Waals surface area contributed by atoms with Gasteiger partial charge in [0.25, 0.3) is 0 Å². The van der Waals surface area contributed by atoms with Gasteiger partial charge in [-0.2, -0.15) is 0 Å². The number of rotatable bonds is 4. The van der Waals surface area contributed by atoms with Crippen LogP contribution in [0.5, 0.6) is 0 Å². The molecule has 1 N–H and O–H groups in total. The van der Waals surface area contributed by atoms with Crippen LogP contribution in [-0.4, -0.2) is 40.0 Å². The Labute approximate surface area is 113 Å². The number of nitrogens with one attached hydrogen (secondary N) is 1. The molecule has 1 heterocycles. The van der Waals surface area contributed by atoms with E-state index in [1.165, 1.54) is 37.4 Å². The normalized spacial score (nSPS) is 21.4. The summed E-state index contributed by atoms with van der Waals surface area (Å²) >= 11 is 6.82. The first-order chi connectivity index (χ1) is 8.16. The van der Waals surface area contributed by atoms with Crippen molar-refractivity contribution in [2.75, 3.05) is 18.8 Å². The van der Waals surface area contributed by atoms with Gasteiger partial charge in [-0.3, -0.25) is 4.79 Å². The summed E-state index contributed by atoms with van der Waals surface area (Å²) in [6, 6.07) is 0.337. The van der Waals surface area contributed by atoms with Crippen LogP contribution in [0, 0.1) is 5.92 Å². The molecule has 0 spiro atoms. The lowest BCUT2D eigenvalue weighted by Gasteiger charge is -2.18. The molecule has 0 radical (unpaired) electrons. The fourth-order valence-corrected chi connectivity index (χ4v) is 3.19. The van der Waals surface area contributed by atoms with E-state index in [1.807, 2.05) is 0 Å². The molecule has 5 heteroatoms. The highest BCUT2D eigenvalue weighted by molar-refractivity contribution is 8.23. The number of hydrogen-bond acceptors (Lipinski definition) is 3. The zero-order valence-corrected chi connectivity index (χ0v) is 11.9. The molecular weight excluding hydrogens is 252 g/mol. The lowest BCUT2D eigenvalue weighted by molar-refractivity contribution is -0.119. The molecule has 0 bridgehead atoms. The maximum Gasteiger partial charge on any atom is 0.230 e. The molecule has 17 heavy (non-hydrogen) atoms. The summed E-state index contributed by atoms with van der Waals surface area (Å²) in [5.74, 6) is 1.30. The van der Waals surface area contributed by atoms with Gasteiger partial charge in [0.2, 0.25) is 5.91 Å². The Kier molecular flexibility index (Phi) is 4.68. The average molecular weight is 272 g/mol. The van der Waals surface area contributed by atoms with Crippen LogP contribution in [0.3, 0.4) is 0 Å². The van der Waals surface area contributed by atoms with Crippen molar-refractivity contribution in [2.45, 2.75) is 38.6 Å². The second-order valence-electron chi connectivity index (χ2n) is 4.94. The molecule has 0 aromatic carbocycles. The zero-order valence-electron chi connectivity index (χ0n) is 10.3. The van der Waals surface area contributed by atoms with E-state index in [9.17, 15) is 4.79 Å². The molecule has 2 aliphatic rings. The molecule has 2 rings (SSSR count). The van der Waals surface area contributed by atoms with E-state index in [-0.39, 0.29) is 5.91 Å². The Bertz CT molecular complexity index is 299. The molecule has 1 saturated heterocycles. The topological polar surface area (TPSA) is 32.3 Å². The molecule has 1 amide bonds. The van der Waals surface area contributed by atoms with Crippen LogP contribution in [0.2, 0.25) is 0 Å². The Hall–Kier alpha value is -0.290. The van der Waals surface area contributed by atoms with E-state index >= 15 is 0 Å². The van der Waals surface area contributed by atoms with Crippen molar-refractivity contribution < 1.29 is 4.79 Å². The van der Waals surface area contributed by atoms with Gasteiger partial charge in [0.15, 0.2) is 0 Å². The van der Waals surface area contributed by atoms with Crippen LogP contribution in [0.25, 0.3) is 0 Å². The zero-order chi connectivity index (χ0) is 12.3. The van der Waals surface area contributed by atoms with E-state index in [0.717, 1.165) is 23.3 Å². The standard InChI is InChI=1S/C12H20N2OS2/c1-9(10-4-5-10)13-11(15)8-17-12(16)14-6-2-3-7-14/h9-10H,2-8H2,1H3,(H,13,15). The van der Waals surface area contributed by atoms with Gasteiger partial charge < -0.3 is 10.2 Å². The predicted molar refractivity (Wildman–Crippen MR) is 76.2 cm³/mol. The van der Waals surface area contributed by atoms with Crippen molar-refractivity contribution in [3.8, 4) is 0 Å². The van der Waals surface area contributed by atoms with Crippen molar-refractivity contribution in [3.05, 3.63) is 0 Å². The minimum absolute atomic E-state index is 0.121. The SMILES string of the molecule is CC(NC(=O)CSC(=S)N1CCCC1)C1CC1. The largest absolute Gasteiger partial charge is 0.358 e. The van der Waals surface area contributed by atoms with Crippen LogP contribution in [0.4, 0.5) is 0 Å². The fourth-order valence-electron chi connectivity index (χ4n) is 2.13. The molecule has 96 valence electrons. The van der Waals surface area contributed by atoms with Gasteiger partial charge in [-0.05, 0) is 38.5 Å². The summed E-state index contributed by atoms with van der Waals surface area (Å²) in [5, 5.41) is 3.05. The third-order valence-corrected chi connectivity index (χ3v) is 4.93. The first-order valence-corrected chi connectivity index (χ1v) is 7.77. The van der Waals surface area contributed by atoms with Crippen molar-refractivity contribution >= 4 is 34.2 Å². The third-order valence-electron chi connectivity index (χ3n) is 3.41. The number of likely N-dealkylation sites (tertiary alicyclic amines) is 1. The monoisotopic (exact) mass is 272 g/mol. The van der Waals surface area contributed by atoms with Crippen LogP contribution in [0.15, 0.2) is 0 Å². The third kappa shape index (κ3) is 4.14. The van der Waals surface area contributed by atoms with E-state index in [1.54, 1.807) is 0 Å². The highest BCUT2D eigenvalue weighted by atomic mass is 32.2. The maximum atomic E-state index is 11.7. The fraction of sp³-hybridized carbons (Fsp3) is 0.833. The minimum Gasteiger partial charge on any atom is -0.358 e. The smallest absolute Gasteiger partial charge is 0.230 e. The molecule has 3 nitrogen and oxygen atoms in total. The van der Waals surface area contributed by atoms with Crippen LogP contribution in [0.1, 0.15) is 32.6 Å². The molecule has 1 aliphatic carbocycles. The first kappa shape index (κ1) is 13.1. The average Bonchev–Trinajstić information content (AvgIpc) is 3.02. The van der Waals surface area contributed by atoms with Crippen molar-refractivity contribution in [2.24, 2.45) is 5.92 Å².